The molecule has 0 atom stereocenters. The molecule has 0 bridgehead atoms. The monoisotopic (exact) mass is 294 g/mol. The second-order valence-corrected chi connectivity index (χ2v) is 4.72. The summed E-state index contributed by atoms with van der Waals surface area (Å²) in [5.74, 6) is 0.861. The lowest BCUT2D eigenvalue weighted by atomic mass is 10.4. The van der Waals surface area contributed by atoms with Crippen LogP contribution >= 0.6 is 11.6 Å². The number of methoxy groups -OCH3 is 1. The lowest BCUT2D eigenvalue weighted by molar-refractivity contribution is 0.102. The molecule has 0 spiro atoms. The first kappa shape index (κ1) is 12.9. The van der Waals surface area contributed by atoms with Gasteiger partial charge in [-0.3, -0.25) is 4.79 Å². The summed E-state index contributed by atoms with van der Waals surface area (Å²) in [7, 11) is 1.43. The van der Waals surface area contributed by atoms with Crippen LogP contribution in [0.5, 0.6) is 5.88 Å². The first-order valence-corrected chi connectivity index (χ1v) is 6.38. The largest absolute Gasteiger partial charge is 0.480 e. The lowest BCUT2D eigenvalue weighted by Gasteiger charge is -2.06. The van der Waals surface area contributed by atoms with Crippen LogP contribution in [0.3, 0.4) is 0 Å². The predicted octanol–water partition coefficient (Wildman–Crippen LogP) is 2.26. The molecule has 1 saturated carbocycles. The van der Waals surface area contributed by atoms with Gasteiger partial charge < -0.3 is 14.5 Å². The van der Waals surface area contributed by atoms with Crippen molar-refractivity contribution in [3.05, 3.63) is 29.2 Å². The first-order chi connectivity index (χ1) is 9.69. The molecule has 1 aliphatic rings. The zero-order valence-electron chi connectivity index (χ0n) is 10.6. The molecule has 0 unspecified atom stereocenters. The predicted molar refractivity (Wildman–Crippen MR) is 70.0 cm³/mol. The van der Waals surface area contributed by atoms with Crippen LogP contribution < -0.4 is 10.1 Å². The van der Waals surface area contributed by atoms with Crippen LogP contribution in [0.2, 0.25) is 5.02 Å². The van der Waals surface area contributed by atoms with E-state index in [0.29, 0.717) is 11.8 Å². The number of nitrogens with zero attached hydrogens (tertiary/aromatic N) is 3. The van der Waals surface area contributed by atoms with Crippen LogP contribution in [-0.2, 0) is 0 Å². The zero-order chi connectivity index (χ0) is 14.1. The van der Waals surface area contributed by atoms with Crippen molar-refractivity contribution in [1.82, 2.24) is 15.0 Å². The van der Waals surface area contributed by atoms with Crippen molar-refractivity contribution in [2.75, 3.05) is 12.4 Å². The van der Waals surface area contributed by atoms with Gasteiger partial charge in [0.2, 0.25) is 5.88 Å². The number of carbonyl (C=O) groups is 1. The lowest BCUT2D eigenvalue weighted by Crippen LogP contribution is -2.14. The van der Waals surface area contributed by atoms with E-state index in [1.807, 2.05) is 0 Å². The third-order valence-corrected chi connectivity index (χ3v) is 3.20. The number of rotatable bonds is 4. The second kappa shape index (κ2) is 5.09. The maximum absolute atomic E-state index is 12.0. The fraction of sp³-hybridized carbons (Fsp3) is 0.333. The Bertz CT molecular complexity index is 654. The Hall–Kier alpha value is -2.15. The van der Waals surface area contributed by atoms with E-state index in [1.54, 1.807) is 0 Å². The first-order valence-electron chi connectivity index (χ1n) is 6.00. The molecule has 20 heavy (non-hydrogen) atoms. The van der Waals surface area contributed by atoms with E-state index >= 15 is 0 Å². The van der Waals surface area contributed by atoms with Crippen molar-refractivity contribution in [3.63, 3.8) is 0 Å². The molecule has 7 nitrogen and oxygen atoms in total. The molecule has 2 aromatic heterocycles. The number of aromatic nitrogens is 3. The molecule has 1 aliphatic carbocycles. The number of amides is 1. The van der Waals surface area contributed by atoms with E-state index in [0.717, 1.165) is 12.8 Å². The number of carbonyl (C=O) groups excluding carboxylic acids is 1. The fourth-order valence-corrected chi connectivity index (χ4v) is 1.89. The van der Waals surface area contributed by atoms with Gasteiger partial charge in [-0.05, 0) is 12.8 Å². The Balaban J connectivity index is 1.77. The molecule has 1 fully saturated rings. The molecular weight excluding hydrogens is 284 g/mol. The van der Waals surface area contributed by atoms with Gasteiger partial charge in [0, 0.05) is 5.92 Å². The van der Waals surface area contributed by atoms with Crippen LogP contribution in [0.1, 0.15) is 35.1 Å². The minimum Gasteiger partial charge on any atom is -0.480 e. The molecule has 2 heterocycles. The summed E-state index contributed by atoms with van der Waals surface area (Å²) in [5, 5.41) is 2.68. The Labute approximate surface area is 119 Å². The van der Waals surface area contributed by atoms with Crippen LogP contribution in [0.4, 0.5) is 5.82 Å². The fourth-order valence-electron chi connectivity index (χ4n) is 1.66. The topological polar surface area (TPSA) is 90.1 Å². The number of hydrogen-bond acceptors (Lipinski definition) is 6. The summed E-state index contributed by atoms with van der Waals surface area (Å²) in [5.41, 5.74) is 0.195. The van der Waals surface area contributed by atoms with Gasteiger partial charge in [-0.15, -0.1) is 0 Å². The van der Waals surface area contributed by atoms with Crippen molar-refractivity contribution in [1.29, 1.82) is 0 Å². The highest BCUT2D eigenvalue weighted by molar-refractivity contribution is 6.34. The van der Waals surface area contributed by atoms with Crippen molar-refractivity contribution in [2.24, 2.45) is 0 Å². The maximum Gasteiger partial charge on any atom is 0.278 e. The SMILES string of the molecule is COc1ncnc(NC(=O)c2coc(C3CC3)n2)c1Cl. The Morgan fingerprint density at radius 1 is 1.50 bits per heavy atom. The normalized spacial score (nSPS) is 14.1. The minimum atomic E-state index is -0.441. The van der Waals surface area contributed by atoms with Crippen LogP contribution in [0.25, 0.3) is 0 Å². The zero-order valence-corrected chi connectivity index (χ0v) is 11.3. The summed E-state index contributed by atoms with van der Waals surface area (Å²) in [6.45, 7) is 0. The van der Waals surface area contributed by atoms with E-state index in [2.05, 4.69) is 20.3 Å². The summed E-state index contributed by atoms with van der Waals surface area (Å²) in [6.07, 6.45) is 4.68. The van der Waals surface area contributed by atoms with Gasteiger partial charge in [0.25, 0.3) is 5.91 Å². The number of halogens is 1. The highest BCUT2D eigenvalue weighted by atomic mass is 35.5. The number of anilines is 1. The molecule has 3 rings (SSSR count). The Morgan fingerprint density at radius 3 is 3.00 bits per heavy atom. The summed E-state index contributed by atoms with van der Waals surface area (Å²) in [6, 6.07) is 0. The standard InChI is InChI=1S/C12H11ClN4O3/c1-19-12-8(13)9(14-5-15-12)17-10(18)7-4-20-11(16-7)6-2-3-6/h4-6H,2-3H2,1H3,(H,14,15,17,18). The summed E-state index contributed by atoms with van der Waals surface area (Å²) < 4.78 is 10.2. The van der Waals surface area contributed by atoms with Gasteiger partial charge in [-0.25, -0.2) is 15.0 Å². The van der Waals surface area contributed by atoms with Gasteiger partial charge in [0.05, 0.1) is 7.11 Å². The molecule has 0 saturated heterocycles. The van der Waals surface area contributed by atoms with E-state index in [4.69, 9.17) is 20.8 Å². The number of oxazole rings is 1. The van der Waals surface area contributed by atoms with Crippen molar-refractivity contribution >= 4 is 23.3 Å². The molecule has 1 amide bonds. The van der Waals surface area contributed by atoms with Crippen LogP contribution in [-0.4, -0.2) is 28.0 Å². The molecule has 0 aliphatic heterocycles. The molecule has 2 aromatic rings. The highest BCUT2D eigenvalue weighted by Crippen LogP contribution is 2.39. The average Bonchev–Trinajstić information content (AvgIpc) is 3.18. The van der Waals surface area contributed by atoms with Gasteiger partial charge in [-0.2, -0.15) is 0 Å². The van der Waals surface area contributed by atoms with Crippen molar-refractivity contribution < 1.29 is 13.9 Å². The minimum absolute atomic E-state index is 0.134. The number of hydrogen-bond donors (Lipinski definition) is 1. The molecular formula is C12H11ClN4O3. The average molecular weight is 295 g/mol. The van der Waals surface area contributed by atoms with Gasteiger partial charge in [-0.1, -0.05) is 11.6 Å². The van der Waals surface area contributed by atoms with Gasteiger partial charge in [0.1, 0.15) is 17.6 Å². The van der Waals surface area contributed by atoms with Gasteiger partial charge in [0.15, 0.2) is 17.4 Å². The number of ether oxygens (including phenoxy) is 1. The van der Waals surface area contributed by atoms with Crippen molar-refractivity contribution in [3.8, 4) is 5.88 Å². The van der Waals surface area contributed by atoms with E-state index < -0.39 is 5.91 Å². The quantitative estimate of drug-likeness (QED) is 0.930. The molecule has 8 heteroatoms. The molecule has 0 aromatic carbocycles. The number of nitrogens with one attached hydrogen (secondary N) is 1. The van der Waals surface area contributed by atoms with E-state index in [-0.39, 0.29) is 22.4 Å². The van der Waals surface area contributed by atoms with Crippen molar-refractivity contribution in [2.45, 2.75) is 18.8 Å². The molecule has 1 N–H and O–H groups in total. The third-order valence-electron chi connectivity index (χ3n) is 2.86. The smallest absolute Gasteiger partial charge is 0.278 e. The highest BCUT2D eigenvalue weighted by Gasteiger charge is 2.29. The molecule has 104 valence electrons. The summed E-state index contributed by atoms with van der Waals surface area (Å²) in [4.78, 5) is 23.9. The van der Waals surface area contributed by atoms with Crippen LogP contribution in [0, 0.1) is 0 Å². The maximum atomic E-state index is 12.0. The summed E-state index contributed by atoms with van der Waals surface area (Å²) >= 11 is 6.00. The Kier molecular flexibility index (Phi) is 3.27. The second-order valence-electron chi connectivity index (χ2n) is 4.34. The Morgan fingerprint density at radius 2 is 2.30 bits per heavy atom. The van der Waals surface area contributed by atoms with E-state index in [9.17, 15) is 4.79 Å². The molecule has 0 radical (unpaired) electrons. The van der Waals surface area contributed by atoms with Gasteiger partial charge >= 0.3 is 0 Å². The third kappa shape index (κ3) is 2.44. The van der Waals surface area contributed by atoms with E-state index in [1.165, 1.54) is 19.7 Å². The van der Waals surface area contributed by atoms with Crippen LogP contribution in [0.15, 0.2) is 17.0 Å².